The molecule has 1 atom stereocenters. The molecule has 1 heterocycles. The third-order valence-electron chi connectivity index (χ3n) is 4.51. The Morgan fingerprint density at radius 3 is 2.00 bits per heavy atom. The molecule has 1 aliphatic heterocycles. The van der Waals surface area contributed by atoms with Gasteiger partial charge in [0.25, 0.3) is 0 Å². The molecule has 1 fully saturated rings. The van der Waals surface area contributed by atoms with E-state index in [0.29, 0.717) is 5.76 Å². The van der Waals surface area contributed by atoms with Crippen LogP contribution < -0.4 is 24.8 Å². The normalized spacial score (nSPS) is 23.4. The van der Waals surface area contributed by atoms with Crippen LogP contribution in [0.2, 0.25) is 45.3 Å². The quantitative estimate of drug-likeness (QED) is 0.372. The number of carbonyl (C=O) groups is 1. The van der Waals surface area contributed by atoms with Gasteiger partial charge in [0.15, 0.2) is 0 Å². The number of hydrogen-bond acceptors (Lipinski definition) is 2. The van der Waals surface area contributed by atoms with Crippen molar-refractivity contribution in [1.29, 1.82) is 0 Å². The van der Waals surface area contributed by atoms with Crippen LogP contribution in [0.3, 0.4) is 0 Å². The van der Waals surface area contributed by atoms with Crippen molar-refractivity contribution in [3.63, 3.8) is 0 Å². The first-order valence-electron chi connectivity index (χ1n) is 6.67. The van der Waals surface area contributed by atoms with Crippen molar-refractivity contribution in [1.82, 2.24) is 0 Å². The van der Waals surface area contributed by atoms with Crippen molar-refractivity contribution in [2.24, 2.45) is 0 Å². The second kappa shape index (κ2) is 7.20. The number of Topliss-reactive ketones (excluding diaryl/α,β-unsaturated/α-hetero) is 1. The van der Waals surface area contributed by atoms with E-state index in [9.17, 15) is 4.79 Å². The van der Waals surface area contributed by atoms with E-state index in [-0.39, 0.29) is 52.3 Å². The maximum Gasteiger partial charge on any atom is 3.00 e. The molecule has 0 saturated carbocycles. The average Bonchev–Trinajstić information content (AvgIpc) is 2.66. The van der Waals surface area contributed by atoms with Crippen molar-refractivity contribution in [2.45, 2.75) is 52.2 Å². The molecule has 0 aromatic carbocycles. The van der Waals surface area contributed by atoms with Gasteiger partial charge < -0.3 is 34.0 Å². The zero-order valence-corrected chi connectivity index (χ0v) is 19.9. The number of allylic oxidation sites excluding steroid dienone is 3. The number of fused-ring (bicyclic) bond motifs is 1. The zero-order chi connectivity index (χ0) is 13.9. The van der Waals surface area contributed by atoms with Crippen molar-refractivity contribution in [3.8, 4) is 0 Å². The zero-order valence-electron chi connectivity index (χ0n) is 13.8. The van der Waals surface area contributed by atoms with Crippen LogP contribution in [0.5, 0.6) is 0 Å². The van der Waals surface area contributed by atoms with E-state index in [1.807, 2.05) is 0 Å². The van der Waals surface area contributed by atoms with Gasteiger partial charge in [0.2, 0.25) is 8.32 Å². The molecule has 2 nitrogen and oxygen atoms in total. The minimum absolute atomic E-state index is 0. The number of ketones is 1. The van der Waals surface area contributed by atoms with Crippen LogP contribution in [0, 0.1) is 6.08 Å². The SMILES string of the molecule is CC[Si](C)(C)[Si]1(C)C2=[C-]C(=O)C(O[Si](C)(C)C)=C21.[Cl-].[Cl-].[Ti+3]. The van der Waals surface area contributed by atoms with Crippen molar-refractivity contribution >= 4 is 29.3 Å². The molecule has 0 N–H and O–H groups in total. The number of carbonyl (C=O) groups excluding carboxylic acids is 1. The van der Waals surface area contributed by atoms with Gasteiger partial charge in [0.05, 0.1) is 5.78 Å². The van der Waals surface area contributed by atoms with E-state index < -0.39 is 23.5 Å². The van der Waals surface area contributed by atoms with Gasteiger partial charge in [-0.25, -0.2) is 0 Å². The summed E-state index contributed by atoms with van der Waals surface area (Å²) in [5, 5.41) is 2.62. The smallest absolute Gasteiger partial charge is 1.00 e. The van der Waals surface area contributed by atoms with Gasteiger partial charge in [0.1, 0.15) is 0 Å². The second-order valence-corrected chi connectivity index (χ2v) is 26.3. The molecule has 1 unspecified atom stereocenters. The fraction of sp³-hybridized carbons (Fsp3) is 0.615. The van der Waals surface area contributed by atoms with Crippen LogP contribution in [-0.4, -0.2) is 29.3 Å². The Labute approximate surface area is 158 Å². The summed E-state index contributed by atoms with van der Waals surface area (Å²) in [5.41, 5.74) is 0. The average molecular weight is 414 g/mol. The van der Waals surface area contributed by atoms with Crippen molar-refractivity contribution < 1.29 is 55.8 Å². The minimum Gasteiger partial charge on any atom is -1.00 e. The standard InChI is InChI=1S/C13H23O2Si3.2ClH.Ti/c1-8-17(5,6)18(7)11-9-10(14)12(13(11)18)15-16(2,3)4;;;/h8H2,1-7H3;2*1H;/q-1;;;+3/p-2. The molecule has 0 amide bonds. The molecule has 1 radical (unpaired) electrons. The topological polar surface area (TPSA) is 26.3 Å². The molecule has 117 valence electrons. The van der Waals surface area contributed by atoms with Crippen LogP contribution >= 0.6 is 0 Å². The monoisotopic (exact) mass is 413 g/mol. The first-order chi connectivity index (χ1) is 8.04. The Kier molecular flexibility index (Phi) is 8.28. The first-order valence-corrected chi connectivity index (χ1v) is 16.8. The molecule has 0 bridgehead atoms. The second-order valence-electron chi connectivity index (χ2n) is 7.11. The summed E-state index contributed by atoms with van der Waals surface area (Å²) in [6.45, 7) is 16.0. The van der Waals surface area contributed by atoms with Gasteiger partial charge in [-0.1, -0.05) is 32.6 Å². The summed E-state index contributed by atoms with van der Waals surface area (Å²) < 4.78 is 6.04. The number of hydrogen-bond donors (Lipinski definition) is 0. The summed E-state index contributed by atoms with van der Waals surface area (Å²) in [4.78, 5) is 11.9. The van der Waals surface area contributed by atoms with E-state index in [2.05, 4.69) is 52.3 Å². The summed E-state index contributed by atoms with van der Waals surface area (Å²) >= 11 is 0. The molecular weight excluding hydrogens is 391 g/mol. The van der Waals surface area contributed by atoms with Crippen molar-refractivity contribution in [3.05, 3.63) is 22.2 Å². The molecule has 1 aliphatic carbocycles. The van der Waals surface area contributed by atoms with E-state index in [1.54, 1.807) is 0 Å². The van der Waals surface area contributed by atoms with Gasteiger partial charge in [-0.15, -0.1) is 6.08 Å². The summed E-state index contributed by atoms with van der Waals surface area (Å²) in [5.74, 6) is 0.695. The maximum absolute atomic E-state index is 11.9. The predicted molar refractivity (Wildman–Crippen MR) is 82.8 cm³/mol. The Balaban J connectivity index is 0. The molecule has 21 heavy (non-hydrogen) atoms. The predicted octanol–water partition coefficient (Wildman–Crippen LogP) is -2.61. The van der Waals surface area contributed by atoms with Crippen LogP contribution in [0.25, 0.3) is 0 Å². The third kappa shape index (κ3) is 3.87. The van der Waals surface area contributed by atoms with Gasteiger partial charge in [0, 0.05) is 15.2 Å². The van der Waals surface area contributed by atoms with Gasteiger partial charge in [-0.05, 0) is 25.4 Å². The summed E-state index contributed by atoms with van der Waals surface area (Å²) in [7, 11) is -4.44. The van der Waals surface area contributed by atoms with Crippen LogP contribution in [0.4, 0.5) is 0 Å². The molecule has 0 aromatic rings. The molecule has 2 rings (SSSR count). The number of rotatable bonds is 4. The fourth-order valence-corrected chi connectivity index (χ4v) is 15.7. The van der Waals surface area contributed by atoms with E-state index in [4.69, 9.17) is 4.43 Å². The minimum atomic E-state index is -1.71. The fourth-order valence-electron chi connectivity index (χ4n) is 2.62. The Bertz CT molecular complexity index is 498. The van der Waals surface area contributed by atoms with Crippen LogP contribution in [-0.2, 0) is 30.9 Å². The first kappa shape index (κ1) is 24.2. The van der Waals surface area contributed by atoms with E-state index >= 15 is 0 Å². The third-order valence-corrected chi connectivity index (χ3v) is 23.1. The molecule has 1 saturated heterocycles. The van der Waals surface area contributed by atoms with Crippen LogP contribution in [0.1, 0.15) is 6.92 Å². The molecule has 2 aliphatic rings. The molecule has 0 aromatic heterocycles. The Morgan fingerprint density at radius 2 is 1.62 bits per heavy atom. The van der Waals surface area contributed by atoms with Gasteiger partial charge in [-0.2, -0.15) is 10.4 Å². The van der Waals surface area contributed by atoms with Crippen molar-refractivity contribution in [2.75, 3.05) is 0 Å². The Morgan fingerprint density at radius 1 is 1.14 bits per heavy atom. The molecule has 8 heteroatoms. The van der Waals surface area contributed by atoms with Gasteiger partial charge >= 0.3 is 21.7 Å². The largest absolute Gasteiger partial charge is 3.00 e. The maximum atomic E-state index is 11.9. The molecule has 0 spiro atoms. The van der Waals surface area contributed by atoms with E-state index in [1.165, 1.54) is 16.4 Å². The number of halogens is 2. The van der Waals surface area contributed by atoms with E-state index in [0.717, 1.165) is 0 Å². The molecular formula is C13H23Cl2O2Si3Ti. The van der Waals surface area contributed by atoms with Crippen LogP contribution in [0.15, 0.2) is 16.2 Å². The van der Waals surface area contributed by atoms with Gasteiger partial charge in [-0.3, -0.25) is 0 Å². The Hall–Kier alpha value is 0.895. The summed E-state index contributed by atoms with van der Waals surface area (Å²) in [6, 6.07) is 1.28. The summed E-state index contributed by atoms with van der Waals surface area (Å²) in [6.07, 6.45) is 3.09.